The Kier molecular flexibility index (Phi) is 21.9. The van der Waals surface area contributed by atoms with Gasteiger partial charge in [0.25, 0.3) is 0 Å². The van der Waals surface area contributed by atoms with E-state index in [0.717, 1.165) is 57.3 Å². The third-order valence-corrected chi connectivity index (χ3v) is 10.8. The van der Waals surface area contributed by atoms with Gasteiger partial charge in [-0.3, -0.25) is 9.59 Å². The van der Waals surface area contributed by atoms with Crippen LogP contribution in [0.25, 0.3) is 0 Å². The van der Waals surface area contributed by atoms with Gasteiger partial charge in [0.05, 0.1) is 0 Å². The Labute approximate surface area is 326 Å². The minimum Gasteiger partial charge on any atom is -0.289 e. The SMILES string of the molecule is CC(C)=CCC[C@H](C)CCCC(C)=CCCC(C)=CCCC(C)=CCCC(C)=CCCC(C)=CCCC(C)=CCC1=C(C)C(=O)c2ccccc2C1=O. The van der Waals surface area contributed by atoms with Gasteiger partial charge in [-0.2, -0.15) is 0 Å². The zero-order chi connectivity index (χ0) is 39.2. The van der Waals surface area contributed by atoms with Gasteiger partial charge in [-0.1, -0.05) is 119 Å². The van der Waals surface area contributed by atoms with E-state index in [-0.39, 0.29) is 11.6 Å². The summed E-state index contributed by atoms with van der Waals surface area (Å²) in [6, 6.07) is 7.16. The second-order valence-corrected chi connectivity index (χ2v) is 16.4. The predicted molar refractivity (Wildman–Crippen MR) is 233 cm³/mol. The van der Waals surface area contributed by atoms with E-state index in [0.29, 0.717) is 28.7 Å². The lowest BCUT2D eigenvalue weighted by atomic mass is 9.83. The second kappa shape index (κ2) is 25.5. The highest BCUT2D eigenvalue weighted by atomic mass is 16.1. The summed E-state index contributed by atoms with van der Waals surface area (Å²) in [7, 11) is 0. The third-order valence-electron chi connectivity index (χ3n) is 10.8. The average molecular weight is 719 g/mol. The van der Waals surface area contributed by atoms with Crippen LogP contribution in [-0.2, 0) is 0 Å². The van der Waals surface area contributed by atoms with Crippen molar-refractivity contribution in [3.05, 3.63) is 128 Å². The number of hydrogen-bond donors (Lipinski definition) is 0. The fraction of sp³-hybridized carbons (Fsp3) is 0.529. The minimum absolute atomic E-state index is 0.00745. The van der Waals surface area contributed by atoms with Crippen molar-refractivity contribution in [2.45, 2.75) is 172 Å². The number of hydrogen-bond acceptors (Lipinski definition) is 2. The predicted octanol–water partition coefficient (Wildman–Crippen LogP) is 15.9. The summed E-state index contributed by atoms with van der Waals surface area (Å²) in [5, 5.41) is 0. The van der Waals surface area contributed by atoms with Crippen LogP contribution in [0.1, 0.15) is 193 Å². The van der Waals surface area contributed by atoms with Crippen LogP contribution in [0.5, 0.6) is 0 Å². The number of rotatable bonds is 24. The number of allylic oxidation sites excluding steroid dienone is 16. The Hall–Kier alpha value is -3.52. The molecule has 0 aliphatic heterocycles. The zero-order valence-electron chi connectivity index (χ0n) is 35.6. The first-order chi connectivity index (χ1) is 25.3. The van der Waals surface area contributed by atoms with Crippen molar-refractivity contribution in [1.29, 1.82) is 0 Å². The van der Waals surface area contributed by atoms with E-state index in [4.69, 9.17) is 0 Å². The summed E-state index contributed by atoms with van der Waals surface area (Å²) in [4.78, 5) is 25.8. The van der Waals surface area contributed by atoms with E-state index in [9.17, 15) is 9.59 Å². The van der Waals surface area contributed by atoms with Crippen LogP contribution in [-0.4, -0.2) is 11.6 Å². The number of carbonyl (C=O) groups excluding carboxylic acids is 2. The van der Waals surface area contributed by atoms with Gasteiger partial charge in [0.2, 0.25) is 0 Å². The lowest BCUT2D eigenvalue weighted by Gasteiger charge is -2.18. The van der Waals surface area contributed by atoms with E-state index >= 15 is 0 Å². The Bertz CT molecular complexity index is 1590. The molecule has 0 saturated carbocycles. The molecule has 0 amide bonds. The molecule has 1 aromatic rings. The standard InChI is InChI=1S/C51H74O2/c1-38(2)20-13-21-39(3)22-14-23-40(4)24-15-25-41(5)26-16-27-42(6)28-17-29-43(7)30-18-31-44(8)32-19-33-45(9)36-37-47-46(10)50(52)48-34-11-12-35-49(48)51(47)53/h11-12,20,24,26,28,30,32,34-36,39H,13-19,21-23,25,27,29,31,33,37H2,1-10H3/t39-/m0/s1. The van der Waals surface area contributed by atoms with Gasteiger partial charge in [0.15, 0.2) is 11.6 Å². The highest BCUT2D eigenvalue weighted by molar-refractivity contribution is 6.26. The van der Waals surface area contributed by atoms with Crippen LogP contribution in [0.15, 0.2) is 117 Å². The molecule has 0 N–H and O–H groups in total. The van der Waals surface area contributed by atoms with Crippen molar-refractivity contribution < 1.29 is 9.59 Å². The van der Waals surface area contributed by atoms with E-state index < -0.39 is 0 Å². The summed E-state index contributed by atoms with van der Waals surface area (Å²) in [5.41, 5.74) is 12.5. The normalized spacial score (nSPS) is 15.7. The molecule has 0 radical (unpaired) electrons. The van der Waals surface area contributed by atoms with Crippen molar-refractivity contribution in [3.63, 3.8) is 0 Å². The Morgan fingerprint density at radius 3 is 1.34 bits per heavy atom. The second-order valence-electron chi connectivity index (χ2n) is 16.4. The summed E-state index contributed by atoms with van der Waals surface area (Å²) in [6.07, 6.45) is 34.7. The third kappa shape index (κ3) is 18.9. The molecule has 0 bridgehead atoms. The lowest BCUT2D eigenvalue weighted by Crippen LogP contribution is -2.20. The van der Waals surface area contributed by atoms with Crippen LogP contribution in [0.2, 0.25) is 0 Å². The summed E-state index contributed by atoms with van der Waals surface area (Å²) in [5.74, 6) is 0.797. The number of benzene rings is 1. The molecule has 0 spiro atoms. The molecule has 0 unspecified atom stereocenters. The Balaban J connectivity index is 1.61. The molecule has 1 aromatic carbocycles. The Morgan fingerprint density at radius 2 is 0.906 bits per heavy atom. The maximum absolute atomic E-state index is 13.0. The number of ketones is 2. The molecular weight excluding hydrogens is 645 g/mol. The highest BCUT2D eigenvalue weighted by Crippen LogP contribution is 2.29. The van der Waals surface area contributed by atoms with Crippen LogP contribution in [0.3, 0.4) is 0 Å². The van der Waals surface area contributed by atoms with E-state index in [1.165, 1.54) is 78.4 Å². The number of fused-ring (bicyclic) bond motifs is 1. The van der Waals surface area contributed by atoms with Crippen LogP contribution < -0.4 is 0 Å². The monoisotopic (exact) mass is 719 g/mol. The lowest BCUT2D eigenvalue weighted by molar-refractivity contribution is 0.0973. The van der Waals surface area contributed by atoms with E-state index in [1.807, 2.05) is 12.1 Å². The molecule has 2 heteroatoms. The first-order valence-corrected chi connectivity index (χ1v) is 20.7. The van der Waals surface area contributed by atoms with Crippen molar-refractivity contribution >= 4 is 11.6 Å². The number of carbonyl (C=O) groups is 2. The maximum atomic E-state index is 13.0. The molecule has 0 heterocycles. The van der Waals surface area contributed by atoms with E-state index in [2.05, 4.69) is 105 Å². The Morgan fingerprint density at radius 1 is 0.509 bits per heavy atom. The number of Topliss-reactive ketones (excluding diaryl/α,β-unsaturated/α-hetero) is 2. The van der Waals surface area contributed by atoms with Gasteiger partial charge < -0.3 is 0 Å². The van der Waals surface area contributed by atoms with Crippen LogP contribution >= 0.6 is 0 Å². The van der Waals surface area contributed by atoms with Crippen molar-refractivity contribution in [1.82, 2.24) is 0 Å². The average Bonchev–Trinajstić information content (AvgIpc) is 3.10. The van der Waals surface area contributed by atoms with Gasteiger partial charge >= 0.3 is 0 Å². The molecule has 1 aliphatic carbocycles. The summed E-state index contributed by atoms with van der Waals surface area (Å²) in [6.45, 7) is 22.1. The van der Waals surface area contributed by atoms with Gasteiger partial charge in [0, 0.05) is 22.3 Å². The molecule has 2 rings (SSSR count). The molecular formula is C51H74O2. The smallest absolute Gasteiger partial charge is 0.190 e. The van der Waals surface area contributed by atoms with Gasteiger partial charge in [-0.15, -0.1) is 0 Å². The molecule has 1 atom stereocenters. The highest BCUT2D eigenvalue weighted by Gasteiger charge is 2.28. The van der Waals surface area contributed by atoms with Gasteiger partial charge in [0.1, 0.15) is 0 Å². The summed E-state index contributed by atoms with van der Waals surface area (Å²) < 4.78 is 0. The molecule has 53 heavy (non-hydrogen) atoms. The quantitative estimate of drug-likeness (QED) is 0.0997. The zero-order valence-corrected chi connectivity index (χ0v) is 35.6. The first-order valence-electron chi connectivity index (χ1n) is 20.7. The molecule has 2 nitrogen and oxygen atoms in total. The molecule has 0 fully saturated rings. The van der Waals surface area contributed by atoms with Crippen LogP contribution in [0.4, 0.5) is 0 Å². The van der Waals surface area contributed by atoms with Crippen molar-refractivity contribution in [2.75, 3.05) is 0 Å². The maximum Gasteiger partial charge on any atom is 0.190 e. The van der Waals surface area contributed by atoms with Gasteiger partial charge in [-0.05, 0) is 165 Å². The summed E-state index contributed by atoms with van der Waals surface area (Å²) >= 11 is 0. The first kappa shape index (κ1) is 45.6. The minimum atomic E-state index is -0.0220. The van der Waals surface area contributed by atoms with Crippen molar-refractivity contribution in [3.8, 4) is 0 Å². The fourth-order valence-corrected chi connectivity index (χ4v) is 6.95. The van der Waals surface area contributed by atoms with Crippen molar-refractivity contribution in [2.24, 2.45) is 5.92 Å². The topological polar surface area (TPSA) is 34.1 Å². The molecule has 290 valence electrons. The van der Waals surface area contributed by atoms with Gasteiger partial charge in [-0.25, -0.2) is 0 Å². The largest absolute Gasteiger partial charge is 0.289 e. The molecule has 1 aliphatic rings. The van der Waals surface area contributed by atoms with Crippen LogP contribution in [0, 0.1) is 5.92 Å². The molecule has 0 saturated heterocycles. The van der Waals surface area contributed by atoms with E-state index in [1.54, 1.807) is 24.6 Å². The fourth-order valence-electron chi connectivity index (χ4n) is 6.95. The molecule has 0 aromatic heterocycles.